The number of aromatic nitrogens is 3. The molecule has 1 N–H and O–H groups in total. The minimum Gasteiger partial charge on any atom is -0.393 e. The van der Waals surface area contributed by atoms with Gasteiger partial charge in [-0.25, -0.2) is 4.98 Å². The van der Waals surface area contributed by atoms with Crippen molar-refractivity contribution in [2.45, 2.75) is 32.3 Å². The van der Waals surface area contributed by atoms with Gasteiger partial charge in [0, 0.05) is 13.5 Å². The number of nitrogens with zero attached hydrogens (tertiary/aromatic N) is 3. The first-order chi connectivity index (χ1) is 8.66. The molecule has 0 radical (unpaired) electrons. The van der Waals surface area contributed by atoms with Gasteiger partial charge < -0.3 is 5.11 Å². The topological polar surface area (TPSA) is 50.9 Å². The van der Waals surface area contributed by atoms with Crippen molar-refractivity contribution in [2.24, 2.45) is 7.05 Å². The van der Waals surface area contributed by atoms with Crippen LogP contribution in [0.5, 0.6) is 0 Å². The number of hydrogen-bond donors (Lipinski definition) is 1. The van der Waals surface area contributed by atoms with E-state index in [1.807, 2.05) is 19.2 Å². The van der Waals surface area contributed by atoms with Gasteiger partial charge >= 0.3 is 0 Å². The molecule has 4 heteroatoms. The van der Waals surface area contributed by atoms with Crippen LogP contribution < -0.4 is 0 Å². The lowest BCUT2D eigenvalue weighted by atomic mass is 10.0. The molecule has 0 amide bonds. The fourth-order valence-corrected chi connectivity index (χ4v) is 2.03. The van der Waals surface area contributed by atoms with Gasteiger partial charge in [-0.1, -0.05) is 24.3 Å². The van der Waals surface area contributed by atoms with E-state index in [0.29, 0.717) is 6.42 Å². The molecule has 0 aliphatic heterocycles. The van der Waals surface area contributed by atoms with Crippen LogP contribution in [0.3, 0.4) is 0 Å². The van der Waals surface area contributed by atoms with Gasteiger partial charge in [-0.2, -0.15) is 5.10 Å². The molecule has 0 saturated heterocycles. The zero-order valence-electron chi connectivity index (χ0n) is 10.9. The summed E-state index contributed by atoms with van der Waals surface area (Å²) in [6.07, 6.45) is 3.35. The standard InChI is InChI=1S/C14H19N3O/c1-11-5-3-4-6-12(11)7-8-13(18)9-14-15-10-16-17(14)2/h3-6,10,13,18H,7-9H2,1-2H3. The number of aliphatic hydroxyl groups excluding tert-OH is 1. The lowest BCUT2D eigenvalue weighted by Gasteiger charge is -2.11. The first-order valence-electron chi connectivity index (χ1n) is 6.22. The fraction of sp³-hybridized carbons (Fsp3) is 0.429. The zero-order valence-corrected chi connectivity index (χ0v) is 10.9. The molecule has 0 saturated carbocycles. The Morgan fingerprint density at radius 2 is 2.11 bits per heavy atom. The average Bonchev–Trinajstić information content (AvgIpc) is 2.74. The van der Waals surface area contributed by atoms with Crippen molar-refractivity contribution >= 4 is 0 Å². The molecule has 0 fully saturated rings. The molecular weight excluding hydrogens is 226 g/mol. The second-order valence-corrected chi connectivity index (χ2v) is 4.62. The van der Waals surface area contributed by atoms with Crippen LogP contribution in [0.4, 0.5) is 0 Å². The summed E-state index contributed by atoms with van der Waals surface area (Å²) in [4.78, 5) is 4.12. The number of rotatable bonds is 5. The summed E-state index contributed by atoms with van der Waals surface area (Å²) in [6.45, 7) is 2.10. The van der Waals surface area contributed by atoms with Crippen molar-refractivity contribution in [3.05, 3.63) is 47.5 Å². The zero-order chi connectivity index (χ0) is 13.0. The van der Waals surface area contributed by atoms with Crippen LogP contribution >= 0.6 is 0 Å². The smallest absolute Gasteiger partial charge is 0.138 e. The van der Waals surface area contributed by atoms with E-state index in [-0.39, 0.29) is 6.10 Å². The monoisotopic (exact) mass is 245 g/mol. The Labute approximate surface area is 107 Å². The Morgan fingerprint density at radius 1 is 1.33 bits per heavy atom. The third-order valence-corrected chi connectivity index (χ3v) is 3.23. The maximum atomic E-state index is 10.0. The molecule has 0 aliphatic rings. The highest BCUT2D eigenvalue weighted by Crippen LogP contribution is 2.12. The summed E-state index contributed by atoms with van der Waals surface area (Å²) in [5, 5.41) is 14.0. The van der Waals surface area contributed by atoms with Gasteiger partial charge in [-0.15, -0.1) is 0 Å². The first-order valence-corrected chi connectivity index (χ1v) is 6.22. The van der Waals surface area contributed by atoms with Gasteiger partial charge in [0.15, 0.2) is 0 Å². The van der Waals surface area contributed by atoms with Gasteiger partial charge in [-0.05, 0) is 30.9 Å². The lowest BCUT2D eigenvalue weighted by molar-refractivity contribution is 0.161. The highest BCUT2D eigenvalue weighted by molar-refractivity contribution is 5.25. The molecule has 0 aliphatic carbocycles. The van der Waals surface area contributed by atoms with Gasteiger partial charge in [0.1, 0.15) is 12.2 Å². The van der Waals surface area contributed by atoms with Gasteiger partial charge in [0.2, 0.25) is 0 Å². The van der Waals surface area contributed by atoms with E-state index in [4.69, 9.17) is 0 Å². The quantitative estimate of drug-likeness (QED) is 0.871. The van der Waals surface area contributed by atoms with Crippen LogP contribution in [0, 0.1) is 6.92 Å². The van der Waals surface area contributed by atoms with Crippen LogP contribution in [0.25, 0.3) is 0 Å². The van der Waals surface area contributed by atoms with E-state index in [2.05, 4.69) is 29.1 Å². The summed E-state index contributed by atoms with van der Waals surface area (Å²) in [5.74, 6) is 0.826. The number of aliphatic hydroxyl groups is 1. The molecule has 0 bridgehead atoms. The SMILES string of the molecule is Cc1ccccc1CCC(O)Cc1ncnn1C. The normalized spacial score (nSPS) is 12.6. The minimum atomic E-state index is -0.368. The fourth-order valence-electron chi connectivity index (χ4n) is 2.03. The molecule has 4 nitrogen and oxygen atoms in total. The van der Waals surface area contributed by atoms with Crippen molar-refractivity contribution in [2.75, 3.05) is 0 Å². The Morgan fingerprint density at radius 3 is 2.78 bits per heavy atom. The molecule has 1 unspecified atom stereocenters. The Hall–Kier alpha value is -1.68. The van der Waals surface area contributed by atoms with Crippen LogP contribution in [0.2, 0.25) is 0 Å². The third-order valence-electron chi connectivity index (χ3n) is 3.23. The molecule has 1 heterocycles. The van der Waals surface area contributed by atoms with Gasteiger partial charge in [0.05, 0.1) is 6.10 Å². The summed E-state index contributed by atoms with van der Waals surface area (Å²) < 4.78 is 1.71. The van der Waals surface area contributed by atoms with Crippen molar-refractivity contribution in [3.63, 3.8) is 0 Å². The lowest BCUT2D eigenvalue weighted by Crippen LogP contribution is -2.15. The predicted molar refractivity (Wildman–Crippen MR) is 70.2 cm³/mol. The van der Waals surface area contributed by atoms with Crippen molar-refractivity contribution < 1.29 is 5.11 Å². The van der Waals surface area contributed by atoms with E-state index >= 15 is 0 Å². The van der Waals surface area contributed by atoms with E-state index in [9.17, 15) is 5.11 Å². The molecule has 18 heavy (non-hydrogen) atoms. The third kappa shape index (κ3) is 3.17. The second kappa shape index (κ2) is 5.78. The second-order valence-electron chi connectivity index (χ2n) is 4.62. The molecule has 2 aromatic rings. The highest BCUT2D eigenvalue weighted by atomic mass is 16.3. The van der Waals surface area contributed by atoms with E-state index in [1.54, 1.807) is 4.68 Å². The summed E-state index contributed by atoms with van der Waals surface area (Å²) in [7, 11) is 1.84. The predicted octanol–water partition coefficient (Wildman–Crippen LogP) is 1.66. The molecule has 96 valence electrons. The summed E-state index contributed by atoms with van der Waals surface area (Å²) in [5.41, 5.74) is 2.58. The first kappa shape index (κ1) is 12.8. The number of hydrogen-bond acceptors (Lipinski definition) is 3. The average molecular weight is 245 g/mol. The van der Waals surface area contributed by atoms with Crippen LogP contribution in [0.15, 0.2) is 30.6 Å². The Balaban J connectivity index is 1.87. The van der Waals surface area contributed by atoms with Crippen molar-refractivity contribution in [3.8, 4) is 0 Å². The van der Waals surface area contributed by atoms with Crippen LogP contribution in [-0.4, -0.2) is 26.0 Å². The molecular formula is C14H19N3O. The van der Waals surface area contributed by atoms with Gasteiger partial charge in [-0.3, -0.25) is 4.68 Å². The molecule has 1 atom stereocenters. The van der Waals surface area contributed by atoms with Gasteiger partial charge in [0.25, 0.3) is 0 Å². The van der Waals surface area contributed by atoms with Crippen molar-refractivity contribution in [1.29, 1.82) is 0 Å². The van der Waals surface area contributed by atoms with E-state index < -0.39 is 0 Å². The largest absolute Gasteiger partial charge is 0.393 e. The number of aryl methyl sites for hydroxylation is 3. The van der Waals surface area contributed by atoms with E-state index in [0.717, 1.165) is 18.7 Å². The maximum Gasteiger partial charge on any atom is 0.138 e. The molecule has 2 rings (SSSR count). The Bertz CT molecular complexity index is 507. The van der Waals surface area contributed by atoms with E-state index in [1.165, 1.54) is 17.5 Å². The summed E-state index contributed by atoms with van der Waals surface area (Å²) in [6, 6.07) is 8.29. The Kier molecular flexibility index (Phi) is 4.10. The highest BCUT2D eigenvalue weighted by Gasteiger charge is 2.10. The van der Waals surface area contributed by atoms with Crippen LogP contribution in [0.1, 0.15) is 23.4 Å². The van der Waals surface area contributed by atoms with Crippen molar-refractivity contribution in [1.82, 2.24) is 14.8 Å². The molecule has 1 aromatic carbocycles. The summed E-state index contributed by atoms with van der Waals surface area (Å²) >= 11 is 0. The molecule has 0 spiro atoms. The number of benzene rings is 1. The minimum absolute atomic E-state index is 0.368. The molecule has 1 aromatic heterocycles. The van der Waals surface area contributed by atoms with Crippen LogP contribution in [-0.2, 0) is 19.9 Å². The maximum absolute atomic E-state index is 10.0.